The molecule has 0 aliphatic heterocycles. The molecule has 0 saturated heterocycles. The summed E-state index contributed by atoms with van der Waals surface area (Å²) in [6.07, 6.45) is 0. The second kappa shape index (κ2) is 9.03. The van der Waals surface area contributed by atoms with Crippen LogP contribution >= 0.6 is 12.2 Å². The average Bonchev–Trinajstić information content (AvgIpc) is 2.80. The van der Waals surface area contributed by atoms with Crippen molar-refractivity contribution in [1.29, 1.82) is 0 Å². The second-order valence-electron chi connectivity index (χ2n) is 7.15. The number of methoxy groups -OCH3 is 1. The minimum absolute atomic E-state index is 0.150. The Balaban J connectivity index is 1.55. The van der Waals surface area contributed by atoms with Crippen LogP contribution in [0.25, 0.3) is 22.1 Å². The largest absolute Gasteiger partial charge is 0.497 e. The van der Waals surface area contributed by atoms with E-state index >= 15 is 0 Å². The highest BCUT2D eigenvalue weighted by Gasteiger charge is 2.12. The highest BCUT2D eigenvalue weighted by molar-refractivity contribution is 7.80. The van der Waals surface area contributed by atoms with Crippen molar-refractivity contribution in [2.75, 3.05) is 12.4 Å². The van der Waals surface area contributed by atoms with Crippen LogP contribution in [-0.2, 0) is 0 Å². The van der Waals surface area contributed by atoms with Gasteiger partial charge < -0.3 is 14.5 Å². The number of para-hydroxylation sites is 1. The van der Waals surface area contributed by atoms with Gasteiger partial charge in [0, 0.05) is 16.6 Å². The lowest BCUT2D eigenvalue weighted by Crippen LogP contribution is -2.34. The Morgan fingerprint density at radius 3 is 2.50 bits per heavy atom. The van der Waals surface area contributed by atoms with Gasteiger partial charge in [0.25, 0.3) is 5.91 Å². The smallest absolute Gasteiger partial charge is 0.344 e. The third-order valence-electron chi connectivity index (χ3n) is 5.02. The van der Waals surface area contributed by atoms with Gasteiger partial charge in [-0.05, 0) is 72.7 Å². The highest BCUT2D eigenvalue weighted by atomic mass is 32.1. The summed E-state index contributed by atoms with van der Waals surface area (Å²) >= 11 is 5.32. The molecule has 0 aliphatic carbocycles. The van der Waals surface area contributed by atoms with E-state index in [1.54, 1.807) is 43.5 Å². The zero-order chi connectivity index (χ0) is 22.7. The molecule has 4 rings (SSSR count). The van der Waals surface area contributed by atoms with Gasteiger partial charge in [-0.25, -0.2) is 4.79 Å². The minimum atomic E-state index is -0.422. The number of nitrogens with one attached hydrogen (secondary N) is 2. The maximum absolute atomic E-state index is 12.5. The Hall–Kier alpha value is -3.97. The first kappa shape index (κ1) is 21.3. The summed E-state index contributed by atoms with van der Waals surface area (Å²) in [5.74, 6) is 0.321. The summed E-state index contributed by atoms with van der Waals surface area (Å²) in [4.78, 5) is 25.0. The number of fused-ring (bicyclic) bond motifs is 1. The van der Waals surface area contributed by atoms with E-state index in [9.17, 15) is 9.59 Å². The first-order valence-corrected chi connectivity index (χ1v) is 10.3. The molecule has 0 unspecified atom stereocenters. The average molecular weight is 445 g/mol. The predicted molar refractivity (Wildman–Crippen MR) is 129 cm³/mol. The van der Waals surface area contributed by atoms with E-state index < -0.39 is 5.63 Å². The molecule has 6 nitrogen and oxygen atoms in total. The van der Waals surface area contributed by atoms with Crippen molar-refractivity contribution in [2.45, 2.75) is 6.92 Å². The van der Waals surface area contributed by atoms with Gasteiger partial charge in [-0.15, -0.1) is 0 Å². The molecule has 4 aromatic rings. The van der Waals surface area contributed by atoms with Crippen LogP contribution in [0.1, 0.15) is 15.9 Å². The van der Waals surface area contributed by atoms with Gasteiger partial charge in [0.15, 0.2) is 5.11 Å². The molecule has 0 aliphatic rings. The van der Waals surface area contributed by atoms with Crippen molar-refractivity contribution in [3.63, 3.8) is 0 Å². The number of carbonyl (C=O) groups is 1. The van der Waals surface area contributed by atoms with E-state index in [4.69, 9.17) is 21.4 Å². The van der Waals surface area contributed by atoms with Crippen LogP contribution in [0.15, 0.2) is 82.0 Å². The number of carbonyl (C=O) groups excluding carboxylic acids is 1. The molecule has 3 aromatic carbocycles. The molecule has 1 aromatic heterocycles. The van der Waals surface area contributed by atoms with Gasteiger partial charge in [0.05, 0.1) is 12.7 Å². The first-order valence-electron chi connectivity index (χ1n) is 9.85. The number of hydrogen-bond donors (Lipinski definition) is 2. The molecule has 0 fully saturated rings. The lowest BCUT2D eigenvalue weighted by Gasteiger charge is -2.13. The lowest BCUT2D eigenvalue weighted by molar-refractivity contribution is 0.0977. The van der Waals surface area contributed by atoms with E-state index in [1.165, 1.54) is 0 Å². The van der Waals surface area contributed by atoms with Gasteiger partial charge in [-0.1, -0.05) is 30.3 Å². The fourth-order valence-electron chi connectivity index (χ4n) is 3.26. The van der Waals surface area contributed by atoms with Crippen LogP contribution in [0, 0.1) is 6.92 Å². The summed E-state index contributed by atoms with van der Waals surface area (Å²) in [5.41, 5.74) is 3.27. The van der Waals surface area contributed by atoms with Gasteiger partial charge in [-0.2, -0.15) is 0 Å². The van der Waals surface area contributed by atoms with E-state index in [-0.39, 0.29) is 11.0 Å². The number of anilines is 1. The summed E-state index contributed by atoms with van der Waals surface area (Å²) in [7, 11) is 1.56. The Morgan fingerprint density at radius 2 is 1.75 bits per heavy atom. The van der Waals surface area contributed by atoms with Crippen LogP contribution in [0.4, 0.5) is 5.69 Å². The van der Waals surface area contributed by atoms with Crippen molar-refractivity contribution in [3.05, 3.63) is 94.3 Å². The molecular formula is C25H20N2O4S. The molecular weight excluding hydrogens is 424 g/mol. The number of ether oxygens (including phenoxy) is 1. The van der Waals surface area contributed by atoms with Crippen LogP contribution in [-0.4, -0.2) is 18.1 Å². The molecule has 0 radical (unpaired) electrons. The standard InChI is InChI=1S/C25H20N2O4S/c1-15-7-8-17(20-13-18-5-3-4-6-22(18)31-24(20)29)14-21(15)26-25(32)27-23(28)16-9-11-19(30-2)12-10-16/h3-14H,1-2H3,(H2,26,27,28,32). The summed E-state index contributed by atoms with van der Waals surface area (Å²) in [6.45, 7) is 1.91. The van der Waals surface area contributed by atoms with Crippen molar-refractivity contribution >= 4 is 39.9 Å². The fourth-order valence-corrected chi connectivity index (χ4v) is 3.46. The topological polar surface area (TPSA) is 80.6 Å². The van der Waals surface area contributed by atoms with Crippen molar-refractivity contribution < 1.29 is 13.9 Å². The Kier molecular flexibility index (Phi) is 6.00. The normalized spacial score (nSPS) is 10.6. The molecule has 0 saturated carbocycles. The zero-order valence-electron chi connectivity index (χ0n) is 17.5. The Labute approximate surface area is 189 Å². The minimum Gasteiger partial charge on any atom is -0.497 e. The van der Waals surface area contributed by atoms with Gasteiger partial charge >= 0.3 is 5.63 Å². The van der Waals surface area contributed by atoms with E-state index in [0.717, 1.165) is 10.9 Å². The van der Waals surface area contributed by atoms with E-state index in [2.05, 4.69) is 10.6 Å². The zero-order valence-corrected chi connectivity index (χ0v) is 18.3. The van der Waals surface area contributed by atoms with Crippen LogP contribution in [0.5, 0.6) is 5.75 Å². The molecule has 7 heteroatoms. The summed E-state index contributed by atoms with van der Waals surface area (Å²) in [5, 5.41) is 6.69. The SMILES string of the molecule is COc1ccc(C(=O)NC(=S)Nc2cc(-c3cc4ccccc4oc3=O)ccc2C)cc1. The maximum atomic E-state index is 12.5. The van der Waals surface area contributed by atoms with Gasteiger partial charge in [0.2, 0.25) is 0 Å². The lowest BCUT2D eigenvalue weighted by atomic mass is 10.0. The maximum Gasteiger partial charge on any atom is 0.344 e. The third-order valence-corrected chi connectivity index (χ3v) is 5.22. The van der Waals surface area contributed by atoms with E-state index in [1.807, 2.05) is 43.3 Å². The Morgan fingerprint density at radius 1 is 1.00 bits per heavy atom. The number of amides is 1. The molecule has 32 heavy (non-hydrogen) atoms. The monoisotopic (exact) mass is 444 g/mol. The highest BCUT2D eigenvalue weighted by Crippen LogP contribution is 2.26. The number of benzene rings is 3. The molecule has 1 amide bonds. The van der Waals surface area contributed by atoms with Gasteiger partial charge in [0.1, 0.15) is 11.3 Å². The third kappa shape index (κ3) is 4.53. The number of aryl methyl sites for hydroxylation is 1. The van der Waals surface area contributed by atoms with Crippen LogP contribution in [0.2, 0.25) is 0 Å². The van der Waals surface area contributed by atoms with Crippen molar-refractivity contribution in [2.24, 2.45) is 0 Å². The first-order chi connectivity index (χ1) is 15.4. The van der Waals surface area contributed by atoms with Crippen LogP contribution in [0.3, 0.4) is 0 Å². The quantitative estimate of drug-likeness (QED) is 0.344. The summed E-state index contributed by atoms with van der Waals surface area (Å²) in [6, 6.07) is 21.4. The number of hydrogen-bond acceptors (Lipinski definition) is 5. The molecule has 160 valence electrons. The number of thiocarbonyl (C=S) groups is 1. The predicted octanol–water partition coefficient (Wildman–Crippen LogP) is 4.90. The summed E-state index contributed by atoms with van der Waals surface area (Å²) < 4.78 is 10.6. The van der Waals surface area contributed by atoms with Crippen LogP contribution < -0.4 is 21.0 Å². The van der Waals surface area contributed by atoms with Crippen molar-refractivity contribution in [1.82, 2.24) is 5.32 Å². The van der Waals surface area contributed by atoms with Gasteiger partial charge in [-0.3, -0.25) is 10.1 Å². The van der Waals surface area contributed by atoms with E-state index in [0.29, 0.717) is 33.7 Å². The van der Waals surface area contributed by atoms with Crippen molar-refractivity contribution in [3.8, 4) is 16.9 Å². The molecule has 0 spiro atoms. The second-order valence-corrected chi connectivity index (χ2v) is 7.56. The Bertz CT molecular complexity index is 1380. The molecule has 0 atom stereocenters. The number of rotatable bonds is 4. The molecule has 2 N–H and O–H groups in total. The fraction of sp³-hybridized carbons (Fsp3) is 0.0800. The molecule has 0 bridgehead atoms. The molecule has 1 heterocycles.